The number of aromatic nitrogens is 6. The topological polar surface area (TPSA) is 143 Å². The first-order chi connectivity index (χ1) is 29.8. The molecule has 1 amide bonds. The molecule has 2 unspecified atom stereocenters. The Bertz CT molecular complexity index is 2490. The number of fused-ring (bicyclic) bond motifs is 2. The van der Waals surface area contributed by atoms with Crippen LogP contribution in [0, 0.1) is 30.1 Å². The lowest BCUT2D eigenvalue weighted by Gasteiger charge is -2.69. The fourth-order valence-electron chi connectivity index (χ4n) is 13.1. The zero-order valence-electron chi connectivity index (χ0n) is 37.0. The SMILES string of the molecule is CC(=O)CCNC(=O)c1nc(N2CCCc3c2nnc(Nc2nc4ccccc4s2)c3C)ccc1-c1cnn(CC23CC4(C)CC(C)(C2)CC(OCCN2CCCC2)(C4)C3)c1C. The fraction of sp³-hybridized carbons (Fsp3) is 0.562. The van der Waals surface area contributed by atoms with Gasteiger partial charge in [-0.3, -0.25) is 14.3 Å². The summed E-state index contributed by atoms with van der Waals surface area (Å²) in [6, 6.07) is 12.1. The molecule has 14 heteroatoms. The Morgan fingerprint density at radius 3 is 2.45 bits per heavy atom. The lowest BCUT2D eigenvalue weighted by Crippen LogP contribution is -2.64. The molecule has 13 nitrogen and oxygen atoms in total. The lowest BCUT2D eigenvalue weighted by atomic mass is 9.39. The van der Waals surface area contributed by atoms with Crippen molar-refractivity contribution in [2.75, 3.05) is 49.5 Å². The molecule has 2 atom stereocenters. The molecule has 4 aromatic heterocycles. The number of para-hydroxylation sites is 1. The first kappa shape index (κ1) is 41.2. The maximum Gasteiger partial charge on any atom is 0.270 e. The second-order valence-corrected chi connectivity index (χ2v) is 21.2. The van der Waals surface area contributed by atoms with Gasteiger partial charge in [0.2, 0.25) is 0 Å². The van der Waals surface area contributed by atoms with Crippen molar-refractivity contribution < 1.29 is 14.3 Å². The van der Waals surface area contributed by atoms with E-state index in [0.29, 0.717) is 23.9 Å². The number of ketones is 1. The molecule has 5 fully saturated rings. The van der Waals surface area contributed by atoms with Crippen molar-refractivity contribution in [2.45, 2.75) is 117 Å². The van der Waals surface area contributed by atoms with Crippen molar-refractivity contribution in [3.05, 3.63) is 65.1 Å². The Morgan fingerprint density at radius 1 is 0.887 bits per heavy atom. The fourth-order valence-corrected chi connectivity index (χ4v) is 14.0. The van der Waals surface area contributed by atoms with Gasteiger partial charge in [0.25, 0.3) is 5.91 Å². The summed E-state index contributed by atoms with van der Waals surface area (Å²) in [6.45, 7) is 16.7. The number of rotatable bonds is 14. The first-order valence-electron chi connectivity index (χ1n) is 22.7. The van der Waals surface area contributed by atoms with Gasteiger partial charge in [0.1, 0.15) is 17.3 Å². The van der Waals surface area contributed by atoms with Crippen LogP contribution >= 0.6 is 11.3 Å². The van der Waals surface area contributed by atoms with E-state index in [1.54, 1.807) is 11.3 Å². The summed E-state index contributed by atoms with van der Waals surface area (Å²) in [5.74, 6) is 1.75. The van der Waals surface area contributed by atoms with Crippen molar-refractivity contribution in [3.8, 4) is 11.1 Å². The number of ether oxygens (including phenoxy) is 1. The summed E-state index contributed by atoms with van der Waals surface area (Å²) in [5, 5.41) is 21.7. The van der Waals surface area contributed by atoms with Crippen LogP contribution in [0.3, 0.4) is 0 Å². The summed E-state index contributed by atoms with van der Waals surface area (Å²) >= 11 is 1.59. The zero-order chi connectivity index (χ0) is 42.9. The summed E-state index contributed by atoms with van der Waals surface area (Å²) in [4.78, 5) is 40.5. The number of hydrogen-bond acceptors (Lipinski definition) is 12. The van der Waals surface area contributed by atoms with Crippen molar-refractivity contribution in [1.29, 1.82) is 0 Å². The minimum Gasteiger partial charge on any atom is -0.374 e. The van der Waals surface area contributed by atoms with Crippen LogP contribution in [0.5, 0.6) is 0 Å². The molecule has 0 radical (unpaired) electrons. The van der Waals surface area contributed by atoms with Gasteiger partial charge in [-0.05, 0) is 139 Å². The standard InChI is InChI=1S/C48H60N10O3S/c1-31(59)16-17-49-43(60)40-35(14-15-39(52-40)57-20-10-11-34-32(2)41(54-55-42(34)57)53-44-51-37-12-6-7-13-38(37)62-44)36-23-50-58(33(36)3)30-47-25-45(4)24-46(5,26-47)28-48(27-45,29-47)61-22-21-56-18-8-9-19-56/h6-7,12-15,23H,8-11,16-22,24-30H2,1-5H3,(H,49,60)(H,51,53,54). The van der Waals surface area contributed by atoms with Crippen LogP contribution in [0.4, 0.5) is 22.6 Å². The Kier molecular flexibility index (Phi) is 10.5. The van der Waals surface area contributed by atoms with Gasteiger partial charge in [-0.25, -0.2) is 9.97 Å². The number of benzene rings is 1. The number of carbonyl (C=O) groups excluding carboxylic acids is 2. The van der Waals surface area contributed by atoms with Crippen LogP contribution in [0.2, 0.25) is 0 Å². The van der Waals surface area contributed by atoms with E-state index in [9.17, 15) is 9.59 Å². The third-order valence-corrected chi connectivity index (χ3v) is 15.5. The predicted molar refractivity (Wildman–Crippen MR) is 244 cm³/mol. The Labute approximate surface area is 368 Å². The van der Waals surface area contributed by atoms with E-state index >= 15 is 0 Å². The summed E-state index contributed by atoms with van der Waals surface area (Å²) < 4.78 is 10.4. The third-order valence-electron chi connectivity index (χ3n) is 14.6. The number of anilines is 4. The molecular formula is C48H60N10O3S. The van der Waals surface area contributed by atoms with Crippen molar-refractivity contribution in [1.82, 2.24) is 40.2 Å². The second-order valence-electron chi connectivity index (χ2n) is 20.2. The number of likely N-dealkylation sites (tertiary alicyclic amines) is 1. The number of nitrogens with one attached hydrogen (secondary N) is 2. The number of amides is 1. The molecule has 1 saturated heterocycles. The average Bonchev–Trinajstić information content (AvgIpc) is 3.97. The highest BCUT2D eigenvalue weighted by Crippen LogP contribution is 2.72. The molecule has 4 saturated carbocycles. The first-order valence-corrected chi connectivity index (χ1v) is 23.6. The van der Waals surface area contributed by atoms with Gasteiger partial charge in [-0.2, -0.15) is 5.10 Å². The van der Waals surface area contributed by atoms with E-state index in [1.807, 2.05) is 36.5 Å². The van der Waals surface area contributed by atoms with Crippen molar-refractivity contribution in [2.24, 2.45) is 16.2 Å². The van der Waals surface area contributed by atoms with E-state index in [0.717, 1.165) is 101 Å². The molecule has 5 aromatic rings. The Morgan fingerprint density at radius 2 is 1.68 bits per heavy atom. The van der Waals surface area contributed by atoms with Crippen LogP contribution in [-0.4, -0.2) is 91.5 Å². The molecule has 6 aliphatic rings. The van der Waals surface area contributed by atoms with Gasteiger partial charge in [0.05, 0.1) is 28.6 Å². The molecule has 0 spiro atoms. The smallest absolute Gasteiger partial charge is 0.270 e. The molecule has 2 aliphatic heterocycles. The van der Waals surface area contributed by atoms with E-state index < -0.39 is 0 Å². The Hall–Kier alpha value is -4.79. The second kappa shape index (κ2) is 15.8. The van der Waals surface area contributed by atoms with Crippen LogP contribution in [-0.2, 0) is 22.5 Å². The molecule has 2 N–H and O–H groups in total. The average molecular weight is 857 g/mol. The molecular weight excluding hydrogens is 797 g/mol. The van der Waals surface area contributed by atoms with Crippen LogP contribution in [0.1, 0.15) is 112 Å². The molecule has 6 heterocycles. The van der Waals surface area contributed by atoms with Gasteiger partial charge in [0, 0.05) is 60.5 Å². The predicted octanol–water partition coefficient (Wildman–Crippen LogP) is 8.73. The highest BCUT2D eigenvalue weighted by molar-refractivity contribution is 7.22. The molecule has 11 rings (SSSR count). The number of nitrogens with zero attached hydrogens (tertiary/aromatic N) is 8. The number of carbonyl (C=O) groups is 2. The van der Waals surface area contributed by atoms with Gasteiger partial charge in [0.15, 0.2) is 16.8 Å². The van der Waals surface area contributed by atoms with E-state index in [1.165, 1.54) is 52.1 Å². The van der Waals surface area contributed by atoms with Crippen molar-refractivity contribution in [3.63, 3.8) is 0 Å². The highest BCUT2D eigenvalue weighted by atomic mass is 32.1. The molecule has 4 aliphatic carbocycles. The Balaban J connectivity index is 0.936. The van der Waals surface area contributed by atoms with Crippen molar-refractivity contribution >= 4 is 55.8 Å². The van der Waals surface area contributed by atoms with Gasteiger partial charge < -0.3 is 25.2 Å². The third kappa shape index (κ3) is 7.80. The minimum atomic E-state index is -0.319. The maximum atomic E-state index is 14.1. The maximum absolute atomic E-state index is 14.1. The lowest BCUT2D eigenvalue weighted by molar-refractivity contribution is -0.248. The van der Waals surface area contributed by atoms with Crippen LogP contribution < -0.4 is 15.5 Å². The summed E-state index contributed by atoms with van der Waals surface area (Å²) in [6.07, 6.45) is 13.5. The quantitative estimate of drug-likeness (QED) is 0.111. The minimum absolute atomic E-state index is 0.0198. The van der Waals surface area contributed by atoms with E-state index in [4.69, 9.17) is 24.9 Å². The molecule has 1 aromatic carbocycles. The zero-order valence-corrected chi connectivity index (χ0v) is 37.8. The number of thiazole rings is 1. The number of hydrogen-bond donors (Lipinski definition) is 2. The van der Waals surface area contributed by atoms with Crippen LogP contribution in [0.15, 0.2) is 42.6 Å². The van der Waals surface area contributed by atoms with Gasteiger partial charge in [-0.15, -0.1) is 10.2 Å². The van der Waals surface area contributed by atoms with Gasteiger partial charge >= 0.3 is 0 Å². The van der Waals surface area contributed by atoms with E-state index in [2.05, 4.69) is 64.0 Å². The molecule has 4 bridgehead atoms. The monoisotopic (exact) mass is 856 g/mol. The molecule has 326 valence electrons. The van der Waals surface area contributed by atoms with Gasteiger partial charge in [-0.1, -0.05) is 37.3 Å². The largest absolute Gasteiger partial charge is 0.374 e. The normalized spacial score (nSPS) is 26.6. The number of pyridine rings is 1. The van der Waals surface area contributed by atoms with E-state index in [-0.39, 0.29) is 46.5 Å². The number of Topliss-reactive ketones (excluding diaryl/α,β-unsaturated/α-hetero) is 1. The highest BCUT2D eigenvalue weighted by Gasteiger charge is 2.66. The molecule has 62 heavy (non-hydrogen) atoms. The summed E-state index contributed by atoms with van der Waals surface area (Å²) in [5.41, 5.74) is 6.48. The van der Waals surface area contributed by atoms with Crippen LogP contribution in [0.25, 0.3) is 21.3 Å². The summed E-state index contributed by atoms with van der Waals surface area (Å²) in [7, 11) is 0.